The van der Waals surface area contributed by atoms with Crippen molar-refractivity contribution in [3.8, 4) is 22.6 Å². The monoisotopic (exact) mass is 458 g/mol. The van der Waals surface area contributed by atoms with Crippen LogP contribution in [0.25, 0.3) is 33.5 Å². The second kappa shape index (κ2) is 9.66. The van der Waals surface area contributed by atoms with Crippen molar-refractivity contribution in [3.63, 3.8) is 0 Å². The molecule has 0 aliphatic heterocycles. The molecule has 33 heavy (non-hydrogen) atoms. The van der Waals surface area contributed by atoms with Gasteiger partial charge in [-0.2, -0.15) is 0 Å². The number of pyridine rings is 1. The number of allylic oxidation sites excluding steroid dienone is 1. The van der Waals surface area contributed by atoms with Gasteiger partial charge in [-0.15, -0.1) is 16.8 Å². The number of urea groups is 1. The molecule has 0 aliphatic carbocycles. The molecule has 0 unspecified atom stereocenters. The number of nitrogens with one attached hydrogen (secondary N) is 1. The van der Waals surface area contributed by atoms with E-state index in [0.29, 0.717) is 17.5 Å². The molecule has 4 aromatic rings. The van der Waals surface area contributed by atoms with Gasteiger partial charge in [0, 0.05) is 23.1 Å². The second-order valence-electron chi connectivity index (χ2n) is 7.34. The number of carbonyl (C=O) groups is 2. The Hall–Kier alpha value is -3.98. The van der Waals surface area contributed by atoms with Crippen LogP contribution >= 0.6 is 11.8 Å². The summed E-state index contributed by atoms with van der Waals surface area (Å²) >= 11 is 1.17. The summed E-state index contributed by atoms with van der Waals surface area (Å²) in [6.45, 7) is 6.33. The minimum absolute atomic E-state index is 0.0239. The molecule has 4 rings (SSSR count). The summed E-state index contributed by atoms with van der Waals surface area (Å²) in [6, 6.07) is 17.2. The number of benzene rings is 2. The van der Waals surface area contributed by atoms with Gasteiger partial charge in [0.05, 0.1) is 17.0 Å². The first kappa shape index (κ1) is 22.2. The predicted molar refractivity (Wildman–Crippen MR) is 130 cm³/mol. The first-order chi connectivity index (χ1) is 16.0. The van der Waals surface area contributed by atoms with Crippen LogP contribution in [0.2, 0.25) is 0 Å². The Morgan fingerprint density at radius 2 is 1.91 bits per heavy atom. The van der Waals surface area contributed by atoms with Gasteiger partial charge in [0.25, 0.3) is 0 Å². The van der Waals surface area contributed by atoms with Crippen molar-refractivity contribution < 1.29 is 9.59 Å². The lowest BCUT2D eigenvalue weighted by atomic mass is 10.0. The number of nitrogens with zero attached hydrogens (tertiary/aromatic N) is 4. The number of hydrogen-bond donors (Lipinski definition) is 2. The van der Waals surface area contributed by atoms with Crippen LogP contribution in [0.3, 0.4) is 0 Å². The highest BCUT2D eigenvalue weighted by molar-refractivity contribution is 7.99. The van der Waals surface area contributed by atoms with E-state index in [2.05, 4.69) is 28.9 Å². The second-order valence-corrected chi connectivity index (χ2v) is 8.29. The number of para-hydroxylation sites is 1. The highest BCUT2D eigenvalue weighted by atomic mass is 32.2. The molecular weight excluding hydrogens is 436 g/mol. The van der Waals surface area contributed by atoms with Crippen LogP contribution in [-0.2, 0) is 11.3 Å². The number of aromatic nitrogens is 4. The largest absolute Gasteiger partial charge is 0.351 e. The van der Waals surface area contributed by atoms with Crippen molar-refractivity contribution >= 4 is 34.6 Å². The molecule has 3 N–H and O–H groups in total. The summed E-state index contributed by atoms with van der Waals surface area (Å²) < 4.78 is 1.88. The zero-order valence-electron chi connectivity index (χ0n) is 18.0. The smallest absolute Gasteiger partial charge is 0.318 e. The van der Waals surface area contributed by atoms with E-state index in [4.69, 9.17) is 10.7 Å². The third kappa shape index (κ3) is 4.93. The molecule has 9 heteroatoms. The average molecular weight is 459 g/mol. The average Bonchev–Trinajstić information content (AvgIpc) is 3.19. The van der Waals surface area contributed by atoms with E-state index in [1.165, 1.54) is 17.3 Å². The van der Waals surface area contributed by atoms with Gasteiger partial charge >= 0.3 is 6.03 Å². The molecule has 2 heterocycles. The number of thioether (sulfide) groups is 1. The molecule has 0 saturated carbocycles. The summed E-state index contributed by atoms with van der Waals surface area (Å²) in [4.78, 5) is 27.6. The number of aryl methyl sites for hydroxylation is 1. The molecule has 0 spiro atoms. The van der Waals surface area contributed by atoms with Crippen molar-refractivity contribution in [1.82, 2.24) is 25.1 Å². The molecule has 0 atom stereocenters. The van der Waals surface area contributed by atoms with E-state index in [1.807, 2.05) is 59.3 Å². The van der Waals surface area contributed by atoms with E-state index in [-0.39, 0.29) is 5.75 Å². The maximum Gasteiger partial charge on any atom is 0.318 e. The Morgan fingerprint density at radius 1 is 1.15 bits per heavy atom. The van der Waals surface area contributed by atoms with Gasteiger partial charge < -0.3 is 5.73 Å². The molecular formula is C24H22N6O2S. The molecule has 0 saturated heterocycles. The van der Waals surface area contributed by atoms with Crippen LogP contribution in [0.15, 0.2) is 72.4 Å². The lowest BCUT2D eigenvalue weighted by Gasteiger charge is -2.12. The molecule has 2 aromatic carbocycles. The Labute approximate surface area is 194 Å². The maximum absolute atomic E-state index is 11.9. The maximum atomic E-state index is 11.9. The number of hydrogen-bond acceptors (Lipinski definition) is 6. The fourth-order valence-corrected chi connectivity index (χ4v) is 4.17. The third-order valence-electron chi connectivity index (χ3n) is 4.93. The Kier molecular flexibility index (Phi) is 6.50. The van der Waals surface area contributed by atoms with Crippen molar-refractivity contribution in [2.24, 2.45) is 5.73 Å². The molecule has 0 radical (unpaired) electrons. The predicted octanol–water partition coefficient (Wildman–Crippen LogP) is 3.94. The molecule has 0 fully saturated rings. The van der Waals surface area contributed by atoms with Crippen LogP contribution in [0.4, 0.5) is 4.79 Å². The fraction of sp³-hybridized carbons (Fsp3) is 0.125. The minimum Gasteiger partial charge on any atom is -0.351 e. The number of rotatable bonds is 7. The number of fused-ring (bicyclic) bond motifs is 1. The summed E-state index contributed by atoms with van der Waals surface area (Å²) in [5.74, 6) is 0.113. The van der Waals surface area contributed by atoms with Gasteiger partial charge in [-0.3, -0.25) is 14.7 Å². The fourth-order valence-electron chi connectivity index (χ4n) is 3.42. The molecule has 3 amide bonds. The lowest BCUT2D eigenvalue weighted by molar-refractivity contribution is -0.117. The highest BCUT2D eigenvalue weighted by Crippen LogP contribution is 2.33. The van der Waals surface area contributed by atoms with Crippen LogP contribution in [0, 0.1) is 6.92 Å². The standard InChI is InChI=1S/C24H22N6O2S/c1-3-12-30-22(28-29-24(30)33-14-21(31)27-23(25)32)18-13-20(16-10-8-15(2)9-11-16)26-19-7-5-4-6-17(18)19/h3-11,13H,1,12,14H2,2H3,(H3,25,27,31,32). The molecule has 0 bridgehead atoms. The third-order valence-corrected chi connectivity index (χ3v) is 5.89. The molecule has 166 valence electrons. The van der Waals surface area contributed by atoms with E-state index < -0.39 is 11.9 Å². The quantitative estimate of drug-likeness (QED) is 0.320. The normalized spacial score (nSPS) is 10.8. The Morgan fingerprint density at radius 3 is 2.64 bits per heavy atom. The van der Waals surface area contributed by atoms with E-state index in [0.717, 1.165) is 27.7 Å². The first-order valence-electron chi connectivity index (χ1n) is 10.2. The lowest BCUT2D eigenvalue weighted by Crippen LogP contribution is -2.36. The Balaban J connectivity index is 1.80. The molecule has 8 nitrogen and oxygen atoms in total. The van der Waals surface area contributed by atoms with Crippen LogP contribution in [0.1, 0.15) is 5.56 Å². The molecule has 0 aliphatic rings. The van der Waals surface area contributed by atoms with Gasteiger partial charge in [0.15, 0.2) is 11.0 Å². The van der Waals surface area contributed by atoms with E-state index >= 15 is 0 Å². The number of imide groups is 1. The summed E-state index contributed by atoms with van der Waals surface area (Å²) in [5, 5.41) is 12.2. The van der Waals surface area contributed by atoms with Crippen molar-refractivity contribution in [2.75, 3.05) is 5.75 Å². The van der Waals surface area contributed by atoms with Crippen LogP contribution < -0.4 is 11.1 Å². The number of amides is 3. The van der Waals surface area contributed by atoms with Gasteiger partial charge in [-0.25, -0.2) is 9.78 Å². The van der Waals surface area contributed by atoms with Gasteiger partial charge in [0.1, 0.15) is 0 Å². The SMILES string of the molecule is C=CCn1c(SCC(=O)NC(N)=O)nnc1-c1cc(-c2ccc(C)cc2)nc2ccccc12. The minimum atomic E-state index is -0.888. The Bertz CT molecular complexity index is 1350. The van der Waals surface area contributed by atoms with E-state index in [1.54, 1.807) is 6.08 Å². The van der Waals surface area contributed by atoms with Crippen molar-refractivity contribution in [1.29, 1.82) is 0 Å². The van der Waals surface area contributed by atoms with E-state index in [9.17, 15) is 9.59 Å². The first-order valence-corrected chi connectivity index (χ1v) is 11.2. The summed E-state index contributed by atoms with van der Waals surface area (Å²) in [6.07, 6.45) is 1.74. The number of nitrogens with two attached hydrogens (primary N) is 1. The van der Waals surface area contributed by atoms with Gasteiger partial charge in [0.2, 0.25) is 5.91 Å². The van der Waals surface area contributed by atoms with Gasteiger partial charge in [-0.1, -0.05) is 65.9 Å². The molecule has 2 aromatic heterocycles. The van der Waals surface area contributed by atoms with Crippen LogP contribution in [0.5, 0.6) is 0 Å². The zero-order valence-corrected chi connectivity index (χ0v) is 18.8. The van der Waals surface area contributed by atoms with Crippen LogP contribution in [-0.4, -0.2) is 37.4 Å². The summed E-state index contributed by atoms with van der Waals surface area (Å²) in [7, 11) is 0. The van der Waals surface area contributed by atoms with Crippen molar-refractivity contribution in [3.05, 3.63) is 72.8 Å². The highest BCUT2D eigenvalue weighted by Gasteiger charge is 2.19. The number of primary amides is 1. The summed E-state index contributed by atoms with van der Waals surface area (Å²) in [5.41, 5.74) is 9.73. The van der Waals surface area contributed by atoms with Gasteiger partial charge in [-0.05, 0) is 19.1 Å². The zero-order chi connectivity index (χ0) is 23.4. The van der Waals surface area contributed by atoms with Crippen molar-refractivity contribution in [2.45, 2.75) is 18.6 Å². The number of carbonyl (C=O) groups excluding carboxylic acids is 2. The topological polar surface area (TPSA) is 116 Å².